The molecule has 112 valence electrons. The van der Waals surface area contributed by atoms with Crippen LogP contribution in [0.2, 0.25) is 0 Å². The highest BCUT2D eigenvalue weighted by Crippen LogP contribution is 2.29. The fourth-order valence-electron chi connectivity index (χ4n) is 2.44. The summed E-state index contributed by atoms with van der Waals surface area (Å²) in [5.41, 5.74) is 9.55. The van der Waals surface area contributed by atoms with Gasteiger partial charge < -0.3 is 15.4 Å². The predicted molar refractivity (Wildman–Crippen MR) is 91.2 cm³/mol. The Bertz CT molecular complexity index is 601. The molecule has 0 heterocycles. The summed E-state index contributed by atoms with van der Waals surface area (Å²) in [6, 6.07) is 14.5. The van der Waals surface area contributed by atoms with Gasteiger partial charge in [0.2, 0.25) is 0 Å². The van der Waals surface area contributed by atoms with E-state index in [4.69, 9.17) is 10.5 Å². The first-order chi connectivity index (χ1) is 10.2. The lowest BCUT2D eigenvalue weighted by Gasteiger charge is -2.24. The molecule has 2 N–H and O–H groups in total. The van der Waals surface area contributed by atoms with Crippen LogP contribution in [0.3, 0.4) is 0 Å². The van der Waals surface area contributed by atoms with E-state index >= 15 is 0 Å². The van der Waals surface area contributed by atoms with Crippen LogP contribution in [0.15, 0.2) is 47.4 Å². The highest BCUT2D eigenvalue weighted by Gasteiger charge is 2.11. The lowest BCUT2D eigenvalue weighted by molar-refractivity contribution is 0.414. The molecule has 0 aliphatic carbocycles. The molecule has 3 nitrogen and oxygen atoms in total. The number of ether oxygens (including phenoxy) is 1. The van der Waals surface area contributed by atoms with Crippen LogP contribution in [0.4, 0.5) is 5.69 Å². The molecule has 0 saturated heterocycles. The normalized spacial score (nSPS) is 10.5. The van der Waals surface area contributed by atoms with E-state index in [1.807, 2.05) is 12.1 Å². The van der Waals surface area contributed by atoms with Gasteiger partial charge in [-0.3, -0.25) is 0 Å². The van der Waals surface area contributed by atoms with Gasteiger partial charge in [0.15, 0.2) is 0 Å². The van der Waals surface area contributed by atoms with Crippen molar-refractivity contribution in [3.05, 3.63) is 53.6 Å². The molecule has 0 fully saturated rings. The van der Waals surface area contributed by atoms with Gasteiger partial charge in [0.25, 0.3) is 0 Å². The summed E-state index contributed by atoms with van der Waals surface area (Å²) >= 11 is 1.74. The fraction of sp³-hybridized carbons (Fsp3) is 0.294. The molecular weight excluding hydrogens is 280 g/mol. The summed E-state index contributed by atoms with van der Waals surface area (Å²) in [5.74, 6) is 0.887. The van der Waals surface area contributed by atoms with Gasteiger partial charge in [0.1, 0.15) is 5.75 Å². The molecule has 0 aromatic heterocycles. The van der Waals surface area contributed by atoms with Crippen LogP contribution in [0.1, 0.15) is 11.1 Å². The zero-order valence-electron chi connectivity index (χ0n) is 12.8. The number of rotatable bonds is 6. The van der Waals surface area contributed by atoms with E-state index < -0.39 is 0 Å². The zero-order valence-corrected chi connectivity index (χ0v) is 13.6. The summed E-state index contributed by atoms with van der Waals surface area (Å²) in [6.07, 6.45) is 2.08. The largest absolute Gasteiger partial charge is 0.497 e. The number of thioether (sulfide) groups is 1. The number of benzene rings is 2. The van der Waals surface area contributed by atoms with E-state index in [2.05, 4.69) is 48.5 Å². The zero-order chi connectivity index (χ0) is 15.2. The number of nitrogens with zero attached hydrogens (tertiary/aromatic N) is 1. The van der Waals surface area contributed by atoms with E-state index in [9.17, 15) is 0 Å². The van der Waals surface area contributed by atoms with Crippen molar-refractivity contribution in [1.29, 1.82) is 0 Å². The molecule has 0 aliphatic rings. The molecule has 2 rings (SSSR count). The highest BCUT2D eigenvalue weighted by atomic mass is 32.2. The average Bonchev–Trinajstić information content (AvgIpc) is 2.53. The Balaban J connectivity index is 2.25. The first kappa shape index (κ1) is 15.7. The van der Waals surface area contributed by atoms with Crippen molar-refractivity contribution >= 4 is 17.4 Å². The Morgan fingerprint density at radius 3 is 2.62 bits per heavy atom. The minimum atomic E-state index is 0.550. The van der Waals surface area contributed by atoms with Crippen molar-refractivity contribution in [2.75, 3.05) is 25.3 Å². The molecule has 2 aromatic rings. The molecule has 0 aliphatic heterocycles. The van der Waals surface area contributed by atoms with Crippen LogP contribution in [0.5, 0.6) is 5.75 Å². The van der Waals surface area contributed by atoms with Gasteiger partial charge in [0.05, 0.1) is 7.11 Å². The molecular formula is C17H22N2OS. The predicted octanol–water partition coefficient (Wildman–Crippen LogP) is 3.51. The van der Waals surface area contributed by atoms with Crippen LogP contribution in [-0.4, -0.2) is 20.4 Å². The minimum Gasteiger partial charge on any atom is -0.497 e. The Kier molecular flexibility index (Phi) is 5.53. The third-order valence-electron chi connectivity index (χ3n) is 3.50. The summed E-state index contributed by atoms with van der Waals surface area (Å²) in [4.78, 5) is 3.48. The van der Waals surface area contributed by atoms with Crippen LogP contribution < -0.4 is 15.4 Å². The van der Waals surface area contributed by atoms with Gasteiger partial charge in [-0.25, -0.2) is 0 Å². The van der Waals surface area contributed by atoms with Crippen molar-refractivity contribution in [1.82, 2.24) is 0 Å². The number of hydrogen-bond acceptors (Lipinski definition) is 4. The summed E-state index contributed by atoms with van der Waals surface area (Å²) in [7, 11) is 3.79. The first-order valence-corrected chi connectivity index (χ1v) is 8.12. The number of methoxy groups -OCH3 is 1. The second kappa shape index (κ2) is 7.38. The van der Waals surface area contributed by atoms with Crippen LogP contribution >= 0.6 is 11.8 Å². The number of anilines is 1. The summed E-state index contributed by atoms with van der Waals surface area (Å²) in [5, 5.41) is 0. The van der Waals surface area contributed by atoms with Gasteiger partial charge >= 0.3 is 0 Å². The van der Waals surface area contributed by atoms with Crippen molar-refractivity contribution < 1.29 is 4.74 Å². The minimum absolute atomic E-state index is 0.550. The van der Waals surface area contributed by atoms with Crippen LogP contribution in [-0.2, 0) is 13.1 Å². The smallest absolute Gasteiger partial charge is 0.119 e. The quantitative estimate of drug-likeness (QED) is 0.829. The number of nitrogens with two attached hydrogens (primary N) is 1. The third kappa shape index (κ3) is 3.71. The molecule has 0 amide bonds. The standard InChI is InChI=1S/C17H22N2OS/c1-19(12-13-6-4-7-14(10-13)20-2)16-8-5-9-17(21-3)15(16)11-18/h4-10H,11-12,18H2,1-3H3. The fourth-order valence-corrected chi connectivity index (χ4v) is 3.09. The van der Waals surface area contributed by atoms with Gasteiger partial charge in [-0.15, -0.1) is 11.8 Å². The second-order valence-electron chi connectivity index (χ2n) is 4.87. The lowest BCUT2D eigenvalue weighted by Crippen LogP contribution is -2.19. The van der Waals surface area contributed by atoms with E-state index in [1.54, 1.807) is 18.9 Å². The Morgan fingerprint density at radius 1 is 1.19 bits per heavy atom. The van der Waals surface area contributed by atoms with Gasteiger partial charge in [0, 0.05) is 36.3 Å². The van der Waals surface area contributed by atoms with Gasteiger partial charge in [-0.1, -0.05) is 18.2 Å². The molecule has 2 aromatic carbocycles. The first-order valence-electron chi connectivity index (χ1n) is 6.89. The Labute approximate surface area is 131 Å². The molecule has 0 saturated carbocycles. The maximum atomic E-state index is 5.94. The topological polar surface area (TPSA) is 38.5 Å². The molecule has 0 atom stereocenters. The van der Waals surface area contributed by atoms with Crippen LogP contribution in [0, 0.1) is 0 Å². The third-order valence-corrected chi connectivity index (χ3v) is 4.32. The van der Waals surface area contributed by atoms with Gasteiger partial charge in [-0.2, -0.15) is 0 Å². The second-order valence-corrected chi connectivity index (χ2v) is 5.72. The Morgan fingerprint density at radius 2 is 1.95 bits per heavy atom. The van der Waals surface area contributed by atoms with Crippen molar-refractivity contribution in [2.24, 2.45) is 5.73 Å². The lowest BCUT2D eigenvalue weighted by atomic mass is 10.1. The van der Waals surface area contributed by atoms with E-state index in [1.165, 1.54) is 21.7 Å². The van der Waals surface area contributed by atoms with E-state index in [0.29, 0.717) is 6.54 Å². The molecule has 0 radical (unpaired) electrons. The maximum absolute atomic E-state index is 5.94. The average molecular weight is 302 g/mol. The molecule has 0 bridgehead atoms. The van der Waals surface area contributed by atoms with Crippen LogP contribution in [0.25, 0.3) is 0 Å². The molecule has 4 heteroatoms. The summed E-state index contributed by atoms with van der Waals surface area (Å²) in [6.45, 7) is 1.37. The molecule has 21 heavy (non-hydrogen) atoms. The maximum Gasteiger partial charge on any atom is 0.119 e. The Hall–Kier alpha value is -1.65. The highest BCUT2D eigenvalue weighted by molar-refractivity contribution is 7.98. The van der Waals surface area contributed by atoms with E-state index in [0.717, 1.165) is 12.3 Å². The van der Waals surface area contributed by atoms with Crippen molar-refractivity contribution in [3.8, 4) is 5.75 Å². The summed E-state index contributed by atoms with van der Waals surface area (Å²) < 4.78 is 5.28. The van der Waals surface area contributed by atoms with Crippen molar-refractivity contribution in [2.45, 2.75) is 18.0 Å². The van der Waals surface area contributed by atoms with E-state index in [-0.39, 0.29) is 0 Å². The number of hydrogen-bond donors (Lipinski definition) is 1. The SMILES string of the molecule is COc1cccc(CN(C)c2cccc(SC)c2CN)c1. The molecule has 0 spiro atoms. The van der Waals surface area contributed by atoms with Crippen molar-refractivity contribution in [3.63, 3.8) is 0 Å². The van der Waals surface area contributed by atoms with Gasteiger partial charge in [-0.05, 0) is 36.1 Å². The molecule has 0 unspecified atom stereocenters. The monoisotopic (exact) mass is 302 g/mol.